The van der Waals surface area contributed by atoms with Crippen LogP contribution in [-0.2, 0) is 6.54 Å². The number of carbonyl (C=O) groups excluding carboxylic acids is 1. The van der Waals surface area contributed by atoms with Crippen molar-refractivity contribution >= 4 is 17.3 Å². The van der Waals surface area contributed by atoms with Gasteiger partial charge < -0.3 is 10.2 Å². The van der Waals surface area contributed by atoms with E-state index >= 15 is 0 Å². The van der Waals surface area contributed by atoms with Crippen molar-refractivity contribution in [1.82, 2.24) is 5.32 Å². The first-order chi connectivity index (χ1) is 10.9. The molecule has 0 aliphatic carbocycles. The highest BCUT2D eigenvalue weighted by Crippen LogP contribution is 2.24. The molecule has 0 spiro atoms. The number of nitrogens with zero attached hydrogens (tertiary/aromatic N) is 2. The Morgan fingerprint density at radius 2 is 1.96 bits per heavy atom. The van der Waals surface area contributed by atoms with E-state index in [1.807, 2.05) is 0 Å². The van der Waals surface area contributed by atoms with Gasteiger partial charge in [-0.1, -0.05) is 18.2 Å². The Bertz CT molecular complexity index is 747. The van der Waals surface area contributed by atoms with E-state index < -0.39 is 16.6 Å². The summed E-state index contributed by atoms with van der Waals surface area (Å²) >= 11 is 0. The van der Waals surface area contributed by atoms with Crippen molar-refractivity contribution in [1.29, 1.82) is 0 Å². The van der Waals surface area contributed by atoms with Gasteiger partial charge in [0.15, 0.2) is 0 Å². The van der Waals surface area contributed by atoms with E-state index in [0.717, 1.165) is 0 Å². The summed E-state index contributed by atoms with van der Waals surface area (Å²) in [5.74, 6) is -0.916. The van der Waals surface area contributed by atoms with Gasteiger partial charge in [0.2, 0.25) is 0 Å². The lowest BCUT2D eigenvalue weighted by molar-refractivity contribution is -0.384. The van der Waals surface area contributed by atoms with Crippen LogP contribution in [0.5, 0.6) is 0 Å². The minimum Gasteiger partial charge on any atom is -0.377 e. The van der Waals surface area contributed by atoms with Crippen molar-refractivity contribution in [2.75, 3.05) is 19.0 Å². The third-order valence-corrected chi connectivity index (χ3v) is 3.31. The van der Waals surface area contributed by atoms with Gasteiger partial charge in [0.05, 0.1) is 10.5 Å². The lowest BCUT2D eigenvalue weighted by Gasteiger charge is -2.17. The maximum absolute atomic E-state index is 13.6. The zero-order chi connectivity index (χ0) is 17.0. The van der Waals surface area contributed by atoms with E-state index in [-0.39, 0.29) is 17.8 Å². The number of rotatable bonds is 5. The van der Waals surface area contributed by atoms with Crippen LogP contribution in [-0.4, -0.2) is 24.9 Å². The van der Waals surface area contributed by atoms with E-state index in [1.54, 1.807) is 37.2 Å². The molecule has 0 saturated carbocycles. The minimum atomic E-state index is -0.562. The van der Waals surface area contributed by atoms with Crippen molar-refractivity contribution in [2.24, 2.45) is 0 Å². The highest BCUT2D eigenvalue weighted by atomic mass is 19.1. The molecule has 0 aliphatic rings. The summed E-state index contributed by atoms with van der Waals surface area (Å²) < 4.78 is 13.6. The first kappa shape index (κ1) is 16.4. The second-order valence-electron chi connectivity index (χ2n) is 5.13. The topological polar surface area (TPSA) is 75.5 Å². The molecule has 0 fully saturated rings. The van der Waals surface area contributed by atoms with Gasteiger partial charge in [-0.3, -0.25) is 14.9 Å². The molecule has 0 bridgehead atoms. The van der Waals surface area contributed by atoms with E-state index in [2.05, 4.69) is 5.32 Å². The predicted molar refractivity (Wildman–Crippen MR) is 85.0 cm³/mol. The summed E-state index contributed by atoms with van der Waals surface area (Å²) in [5.41, 5.74) is 0.881. The molecular weight excluding hydrogens is 301 g/mol. The number of anilines is 1. The molecule has 0 heterocycles. The quantitative estimate of drug-likeness (QED) is 0.679. The Labute approximate surface area is 132 Å². The van der Waals surface area contributed by atoms with Gasteiger partial charge in [0.25, 0.3) is 11.6 Å². The Kier molecular flexibility index (Phi) is 4.90. The number of nitro benzene ring substituents is 1. The Hall–Kier alpha value is -2.96. The number of amides is 1. The van der Waals surface area contributed by atoms with Crippen molar-refractivity contribution < 1.29 is 14.1 Å². The molecule has 2 aromatic carbocycles. The van der Waals surface area contributed by atoms with Crippen molar-refractivity contribution in [2.45, 2.75) is 6.54 Å². The van der Waals surface area contributed by atoms with Crippen LogP contribution >= 0.6 is 0 Å². The molecule has 23 heavy (non-hydrogen) atoms. The summed E-state index contributed by atoms with van der Waals surface area (Å²) in [7, 11) is 3.46. The molecule has 1 N–H and O–H groups in total. The SMILES string of the molecule is CN(C)c1ccc([N+](=O)[O-])cc1C(=O)NCc1ccccc1F. The maximum Gasteiger partial charge on any atom is 0.270 e. The number of hydrogen-bond donors (Lipinski definition) is 1. The van der Waals surface area contributed by atoms with Crippen LogP contribution in [0, 0.1) is 15.9 Å². The molecule has 7 heteroatoms. The Morgan fingerprint density at radius 1 is 1.26 bits per heavy atom. The number of nitro groups is 1. The van der Waals surface area contributed by atoms with Gasteiger partial charge in [0, 0.05) is 44.0 Å². The van der Waals surface area contributed by atoms with Gasteiger partial charge >= 0.3 is 0 Å². The second-order valence-corrected chi connectivity index (χ2v) is 5.13. The van der Waals surface area contributed by atoms with Gasteiger partial charge in [-0.25, -0.2) is 4.39 Å². The molecule has 120 valence electrons. The number of hydrogen-bond acceptors (Lipinski definition) is 4. The normalized spacial score (nSPS) is 10.2. The maximum atomic E-state index is 13.6. The molecule has 1 amide bonds. The molecule has 0 aromatic heterocycles. The monoisotopic (exact) mass is 317 g/mol. The molecule has 0 saturated heterocycles. The fourth-order valence-corrected chi connectivity index (χ4v) is 2.12. The minimum absolute atomic E-state index is 0.00106. The molecule has 0 aliphatic heterocycles. The van der Waals surface area contributed by atoms with Crippen molar-refractivity contribution in [3.05, 3.63) is 69.5 Å². The van der Waals surface area contributed by atoms with Gasteiger partial charge in [-0.05, 0) is 12.1 Å². The molecule has 2 aromatic rings. The van der Waals surface area contributed by atoms with Crippen LogP contribution in [0.3, 0.4) is 0 Å². The molecule has 0 radical (unpaired) electrons. The second kappa shape index (κ2) is 6.87. The van der Waals surface area contributed by atoms with E-state index in [9.17, 15) is 19.3 Å². The van der Waals surface area contributed by atoms with Gasteiger partial charge in [0.1, 0.15) is 5.82 Å². The van der Waals surface area contributed by atoms with Crippen LogP contribution < -0.4 is 10.2 Å². The molecular formula is C16H16FN3O3. The van der Waals surface area contributed by atoms with Crippen LogP contribution in [0.15, 0.2) is 42.5 Å². The summed E-state index contributed by atoms with van der Waals surface area (Å²) in [4.78, 5) is 24.4. The van der Waals surface area contributed by atoms with Crippen molar-refractivity contribution in [3.63, 3.8) is 0 Å². The number of nitrogens with one attached hydrogen (secondary N) is 1. The van der Waals surface area contributed by atoms with Crippen molar-refractivity contribution in [3.8, 4) is 0 Å². The zero-order valence-electron chi connectivity index (χ0n) is 12.7. The van der Waals surface area contributed by atoms with Crippen LogP contribution in [0.1, 0.15) is 15.9 Å². The average molecular weight is 317 g/mol. The average Bonchev–Trinajstić information content (AvgIpc) is 2.53. The summed E-state index contributed by atoms with van der Waals surface area (Å²) in [6.45, 7) is 0.00106. The smallest absolute Gasteiger partial charge is 0.270 e. The van der Waals surface area contributed by atoms with E-state index in [0.29, 0.717) is 11.3 Å². The summed E-state index contributed by atoms with van der Waals surface area (Å²) in [6, 6.07) is 10.2. The first-order valence-electron chi connectivity index (χ1n) is 6.87. The molecule has 6 nitrogen and oxygen atoms in total. The molecule has 0 atom stereocenters. The van der Waals surface area contributed by atoms with E-state index in [4.69, 9.17) is 0 Å². The summed E-state index contributed by atoms with van der Waals surface area (Å²) in [6.07, 6.45) is 0. The fourth-order valence-electron chi connectivity index (χ4n) is 2.12. The molecule has 0 unspecified atom stereocenters. The number of carbonyl (C=O) groups is 1. The number of non-ortho nitro benzene ring substituents is 1. The predicted octanol–water partition coefficient (Wildman–Crippen LogP) is 2.73. The highest BCUT2D eigenvalue weighted by Gasteiger charge is 2.18. The number of benzene rings is 2. The number of halogens is 1. The lowest BCUT2D eigenvalue weighted by Crippen LogP contribution is -2.26. The largest absolute Gasteiger partial charge is 0.377 e. The highest BCUT2D eigenvalue weighted by molar-refractivity contribution is 6.00. The van der Waals surface area contributed by atoms with Gasteiger partial charge in [-0.2, -0.15) is 0 Å². The standard InChI is InChI=1S/C16H16FN3O3/c1-19(2)15-8-7-12(20(22)23)9-13(15)16(21)18-10-11-5-3-4-6-14(11)17/h3-9H,10H2,1-2H3,(H,18,21). The lowest BCUT2D eigenvalue weighted by atomic mass is 10.1. The Balaban J connectivity index is 2.25. The van der Waals surface area contributed by atoms with Crippen LogP contribution in [0.4, 0.5) is 15.8 Å². The molecule has 2 rings (SSSR count). The van der Waals surface area contributed by atoms with Crippen LogP contribution in [0.25, 0.3) is 0 Å². The first-order valence-corrected chi connectivity index (χ1v) is 6.87. The zero-order valence-corrected chi connectivity index (χ0v) is 12.7. The fraction of sp³-hybridized carbons (Fsp3) is 0.188. The van der Waals surface area contributed by atoms with Gasteiger partial charge in [-0.15, -0.1) is 0 Å². The third kappa shape index (κ3) is 3.82. The third-order valence-electron chi connectivity index (χ3n) is 3.31. The summed E-state index contributed by atoms with van der Waals surface area (Å²) in [5, 5.41) is 13.5. The van der Waals surface area contributed by atoms with E-state index in [1.165, 1.54) is 24.3 Å². The Morgan fingerprint density at radius 3 is 2.57 bits per heavy atom. The van der Waals surface area contributed by atoms with Crippen LogP contribution in [0.2, 0.25) is 0 Å².